The predicted molar refractivity (Wildman–Crippen MR) is 102 cm³/mol. The third-order valence-corrected chi connectivity index (χ3v) is 5.12. The van der Waals surface area contributed by atoms with Gasteiger partial charge >= 0.3 is 5.97 Å². The number of benzene rings is 1. The summed E-state index contributed by atoms with van der Waals surface area (Å²) >= 11 is 3.44. The van der Waals surface area contributed by atoms with E-state index >= 15 is 0 Å². The van der Waals surface area contributed by atoms with Gasteiger partial charge in [0, 0.05) is 15.7 Å². The third-order valence-electron chi connectivity index (χ3n) is 4.62. The van der Waals surface area contributed by atoms with Crippen molar-refractivity contribution in [3.05, 3.63) is 45.2 Å². The Labute approximate surface area is 164 Å². The summed E-state index contributed by atoms with van der Waals surface area (Å²) in [4.78, 5) is 30.6. The maximum Gasteiger partial charge on any atom is 0.338 e. The number of esters is 1. The number of hydrogen-bond acceptors (Lipinski definition) is 6. The zero-order valence-corrected chi connectivity index (χ0v) is 16.9. The van der Waals surface area contributed by atoms with Crippen LogP contribution in [0.5, 0.6) is 0 Å². The summed E-state index contributed by atoms with van der Waals surface area (Å²) in [7, 11) is 0. The maximum absolute atomic E-state index is 13.2. The van der Waals surface area contributed by atoms with Crippen LogP contribution in [0.4, 0.5) is 6.01 Å². The van der Waals surface area contributed by atoms with Crippen LogP contribution in [0.15, 0.2) is 38.4 Å². The van der Waals surface area contributed by atoms with Crippen LogP contribution < -0.4 is 11.1 Å². The minimum atomic E-state index is -1.46. The Morgan fingerprint density at radius 2 is 2.07 bits per heavy atom. The van der Waals surface area contributed by atoms with Crippen molar-refractivity contribution in [2.24, 2.45) is 0 Å². The van der Waals surface area contributed by atoms with E-state index in [1.807, 2.05) is 12.1 Å². The molecule has 140 valence electrons. The number of allylic oxidation sites excluding steroid dienone is 1. The highest BCUT2D eigenvalue weighted by atomic mass is 79.9. The number of rotatable bonds is 1. The topological polar surface area (TPSA) is 107 Å². The van der Waals surface area contributed by atoms with E-state index in [1.165, 1.54) is 0 Å². The second-order valence-electron chi connectivity index (χ2n) is 7.63. The smallest absolute Gasteiger partial charge is 0.338 e. The van der Waals surface area contributed by atoms with Crippen molar-refractivity contribution in [3.8, 4) is 11.3 Å². The van der Waals surface area contributed by atoms with Gasteiger partial charge in [0.2, 0.25) is 5.91 Å². The van der Waals surface area contributed by atoms with Gasteiger partial charge in [0.05, 0.1) is 5.57 Å². The second kappa shape index (κ2) is 5.45. The van der Waals surface area contributed by atoms with Gasteiger partial charge in [-0.1, -0.05) is 15.9 Å². The first-order chi connectivity index (χ1) is 12.6. The number of amides is 1. The molecule has 1 aliphatic heterocycles. The van der Waals surface area contributed by atoms with Crippen molar-refractivity contribution < 1.29 is 18.7 Å². The van der Waals surface area contributed by atoms with Crippen LogP contribution in [-0.4, -0.2) is 22.5 Å². The number of oxazole rings is 1. The molecule has 0 saturated heterocycles. The number of carbonyl (C=O) groups is 2. The first-order valence-corrected chi connectivity index (χ1v) is 9.18. The number of hydrogen-bond donors (Lipinski definition) is 2. The molecule has 0 bridgehead atoms. The van der Waals surface area contributed by atoms with Crippen molar-refractivity contribution in [1.29, 1.82) is 0 Å². The van der Waals surface area contributed by atoms with E-state index < -0.39 is 17.0 Å². The Hall–Kier alpha value is -2.61. The summed E-state index contributed by atoms with van der Waals surface area (Å²) in [6.07, 6.45) is 0. The fourth-order valence-corrected chi connectivity index (χ4v) is 4.13. The zero-order valence-electron chi connectivity index (χ0n) is 15.3. The van der Waals surface area contributed by atoms with E-state index in [2.05, 4.69) is 26.2 Å². The Kier molecular flexibility index (Phi) is 3.59. The first-order valence-electron chi connectivity index (χ1n) is 8.39. The zero-order chi connectivity index (χ0) is 19.7. The quantitative estimate of drug-likeness (QED) is 0.671. The van der Waals surface area contributed by atoms with Gasteiger partial charge in [0.15, 0.2) is 11.2 Å². The van der Waals surface area contributed by atoms with Gasteiger partial charge in [-0.25, -0.2) is 4.79 Å². The molecule has 1 aromatic heterocycles. The van der Waals surface area contributed by atoms with Gasteiger partial charge < -0.3 is 20.2 Å². The number of nitrogens with one attached hydrogen (secondary N) is 1. The molecule has 1 unspecified atom stereocenters. The fraction of sp³-hybridized carbons (Fsp3) is 0.316. The van der Waals surface area contributed by atoms with Crippen LogP contribution >= 0.6 is 15.9 Å². The lowest BCUT2D eigenvalue weighted by Crippen LogP contribution is -2.41. The third kappa shape index (κ3) is 2.36. The van der Waals surface area contributed by atoms with Gasteiger partial charge in [-0.2, -0.15) is 4.98 Å². The standard InChI is InChI=1S/C19H18BrN3O4/c1-8-12(15(24)27-18(2,3)4)19(16(25)22-8)11-7-9(20)5-6-10(11)13-14(19)23-17(21)26-13/h5-7H,1-4H3,(H2,21,23)(H,22,25). The molecule has 0 fully saturated rings. The monoisotopic (exact) mass is 431 g/mol. The Morgan fingerprint density at radius 3 is 2.74 bits per heavy atom. The minimum absolute atomic E-state index is 0.0613. The molecule has 27 heavy (non-hydrogen) atoms. The molecule has 1 aliphatic carbocycles. The molecule has 0 saturated carbocycles. The number of halogens is 1. The SMILES string of the molecule is CC1=C(C(=O)OC(C)(C)C)C2(C(=O)N1)c1cc(Br)ccc1-c1oc(N)nc12. The van der Waals surface area contributed by atoms with Crippen molar-refractivity contribution in [2.45, 2.75) is 38.7 Å². The van der Waals surface area contributed by atoms with Gasteiger partial charge in [0.25, 0.3) is 6.01 Å². The van der Waals surface area contributed by atoms with Crippen molar-refractivity contribution in [1.82, 2.24) is 10.3 Å². The molecule has 1 aromatic carbocycles. The Balaban J connectivity index is 2.04. The fourth-order valence-electron chi connectivity index (χ4n) is 3.77. The van der Waals surface area contributed by atoms with Crippen molar-refractivity contribution in [2.75, 3.05) is 5.73 Å². The predicted octanol–water partition coefficient (Wildman–Crippen LogP) is 3.03. The molecule has 7 nitrogen and oxygen atoms in total. The van der Waals surface area contributed by atoms with Crippen molar-refractivity contribution in [3.63, 3.8) is 0 Å². The molecule has 2 heterocycles. The number of nitrogens with zero attached hydrogens (tertiary/aromatic N) is 1. The highest BCUT2D eigenvalue weighted by molar-refractivity contribution is 9.10. The van der Waals surface area contributed by atoms with E-state index in [-0.39, 0.29) is 17.5 Å². The van der Waals surface area contributed by atoms with E-state index in [4.69, 9.17) is 14.9 Å². The number of nitrogens with two attached hydrogens (primary N) is 1. The normalized spacial score (nSPS) is 20.7. The van der Waals surface area contributed by atoms with Crippen LogP contribution in [0.1, 0.15) is 39.0 Å². The lowest BCUT2D eigenvalue weighted by molar-refractivity contribution is -0.151. The largest absolute Gasteiger partial charge is 0.457 e. The lowest BCUT2D eigenvalue weighted by Gasteiger charge is -2.27. The molecule has 0 radical (unpaired) electrons. The molecule has 8 heteroatoms. The summed E-state index contributed by atoms with van der Waals surface area (Å²) in [6, 6.07) is 5.38. The molecular formula is C19H18BrN3O4. The van der Waals surface area contributed by atoms with E-state index in [0.717, 1.165) is 4.47 Å². The summed E-state index contributed by atoms with van der Waals surface area (Å²) in [5.41, 5.74) is 5.81. The second-order valence-corrected chi connectivity index (χ2v) is 8.54. The van der Waals surface area contributed by atoms with Gasteiger partial charge in [-0.15, -0.1) is 0 Å². The summed E-state index contributed by atoms with van der Waals surface area (Å²) in [5, 5.41) is 2.78. The summed E-state index contributed by atoms with van der Waals surface area (Å²) in [6.45, 7) is 6.99. The number of ether oxygens (including phenoxy) is 1. The molecule has 1 atom stereocenters. The molecule has 1 spiro atoms. The Morgan fingerprint density at radius 1 is 1.37 bits per heavy atom. The maximum atomic E-state index is 13.2. The molecule has 3 N–H and O–H groups in total. The summed E-state index contributed by atoms with van der Waals surface area (Å²) in [5.74, 6) is -0.577. The van der Waals surface area contributed by atoms with E-state index in [1.54, 1.807) is 33.8 Å². The van der Waals surface area contributed by atoms with Crippen LogP contribution in [0, 0.1) is 0 Å². The number of aromatic nitrogens is 1. The van der Waals surface area contributed by atoms with Crippen LogP contribution in [-0.2, 0) is 19.7 Å². The minimum Gasteiger partial charge on any atom is -0.457 e. The number of fused-ring (bicyclic) bond motifs is 5. The van der Waals surface area contributed by atoms with Gasteiger partial charge in [-0.05, 0) is 51.5 Å². The molecule has 4 rings (SSSR count). The molecule has 2 aliphatic rings. The lowest BCUT2D eigenvalue weighted by atomic mass is 9.74. The van der Waals surface area contributed by atoms with E-state index in [9.17, 15) is 9.59 Å². The highest BCUT2D eigenvalue weighted by Crippen LogP contribution is 2.56. The van der Waals surface area contributed by atoms with Crippen LogP contribution in [0.3, 0.4) is 0 Å². The van der Waals surface area contributed by atoms with Gasteiger partial charge in [0.1, 0.15) is 11.3 Å². The molecule has 1 amide bonds. The number of nitrogen functional groups attached to an aromatic ring is 1. The molecule has 2 aromatic rings. The van der Waals surface area contributed by atoms with Crippen LogP contribution in [0.2, 0.25) is 0 Å². The average molecular weight is 432 g/mol. The highest BCUT2D eigenvalue weighted by Gasteiger charge is 2.61. The van der Waals surface area contributed by atoms with Gasteiger partial charge in [-0.3, -0.25) is 4.79 Å². The van der Waals surface area contributed by atoms with E-state index in [0.29, 0.717) is 28.3 Å². The Bertz CT molecular complexity index is 1050. The van der Waals surface area contributed by atoms with Crippen LogP contribution in [0.25, 0.3) is 11.3 Å². The average Bonchev–Trinajstić information content (AvgIpc) is 3.10. The van der Waals surface area contributed by atoms with Crippen molar-refractivity contribution >= 4 is 33.8 Å². The summed E-state index contributed by atoms with van der Waals surface area (Å²) < 4.78 is 12.0. The first kappa shape index (κ1) is 17.8. The molecular weight excluding hydrogens is 414 g/mol. The number of anilines is 1. The number of carbonyl (C=O) groups excluding carboxylic acids is 2.